The number of hydrogen-bond acceptors (Lipinski definition) is 2. The molecule has 0 aliphatic heterocycles. The molecule has 2 aromatic rings. The molecule has 0 saturated carbocycles. The van der Waals surface area contributed by atoms with Crippen molar-refractivity contribution >= 4 is 11.9 Å². The monoisotopic (exact) mass is 578 g/mol. The molecule has 234 valence electrons. The average molecular weight is 579 g/mol. The third-order valence-electron chi connectivity index (χ3n) is 9.18. The zero-order chi connectivity index (χ0) is 31.4. The predicted octanol–water partition coefficient (Wildman–Crippen LogP) is 11.3. The normalized spacial score (nSPS) is 14.6. The van der Waals surface area contributed by atoms with Crippen LogP contribution < -0.4 is 0 Å². The Balaban J connectivity index is 0.00000301. The van der Waals surface area contributed by atoms with Crippen molar-refractivity contribution in [1.82, 2.24) is 0 Å². The summed E-state index contributed by atoms with van der Waals surface area (Å²) in [6.07, 6.45) is 12.4. The molecule has 2 N–H and O–H groups in total. The first kappa shape index (κ1) is 35.6. The van der Waals surface area contributed by atoms with Crippen LogP contribution in [0.3, 0.4) is 0 Å². The van der Waals surface area contributed by atoms with Gasteiger partial charge in [0.15, 0.2) is 0 Å². The number of benzene rings is 2. The summed E-state index contributed by atoms with van der Waals surface area (Å²) >= 11 is 0. The van der Waals surface area contributed by atoms with Crippen LogP contribution in [0.1, 0.15) is 158 Å². The molecule has 0 bridgehead atoms. The fraction of sp³-hybridized carbons (Fsp3) is 0.632. The van der Waals surface area contributed by atoms with E-state index in [4.69, 9.17) is 0 Å². The van der Waals surface area contributed by atoms with E-state index >= 15 is 0 Å². The van der Waals surface area contributed by atoms with Crippen LogP contribution in [-0.4, -0.2) is 22.2 Å². The number of carboxylic acid groups (broad SMARTS) is 2. The zero-order valence-electron chi connectivity index (χ0n) is 27.8. The van der Waals surface area contributed by atoms with Gasteiger partial charge in [-0.3, -0.25) is 0 Å². The Morgan fingerprint density at radius 3 is 1.40 bits per heavy atom. The van der Waals surface area contributed by atoms with Crippen molar-refractivity contribution < 1.29 is 19.8 Å². The summed E-state index contributed by atoms with van der Waals surface area (Å²) in [6, 6.07) is 11.0. The minimum absolute atomic E-state index is 0.307. The van der Waals surface area contributed by atoms with Gasteiger partial charge in [0.1, 0.15) is 0 Å². The second kappa shape index (κ2) is 16.9. The van der Waals surface area contributed by atoms with Gasteiger partial charge in [-0.1, -0.05) is 119 Å². The summed E-state index contributed by atoms with van der Waals surface area (Å²) < 4.78 is 0. The minimum atomic E-state index is -0.917. The van der Waals surface area contributed by atoms with E-state index in [1.54, 1.807) is 12.1 Å². The maximum absolute atomic E-state index is 12.0. The predicted molar refractivity (Wildman–Crippen MR) is 177 cm³/mol. The summed E-state index contributed by atoms with van der Waals surface area (Å²) in [6.45, 7) is 17.8. The van der Waals surface area contributed by atoms with Gasteiger partial charge in [0.25, 0.3) is 0 Å². The Labute approximate surface area is 256 Å². The Morgan fingerprint density at radius 1 is 0.595 bits per heavy atom. The number of rotatable bonds is 17. The third-order valence-corrected chi connectivity index (χ3v) is 9.18. The molecular formula is C38H58O4. The van der Waals surface area contributed by atoms with E-state index in [1.165, 1.54) is 38.5 Å². The SMILES string of the molecule is CC.CC(C)CCCC(C)CCCC1(CCC(C)CCCC(C)C)c2cc(C(=O)O)ccc2-c2ccc(C(=O)O)cc21. The lowest BCUT2D eigenvalue weighted by Crippen LogP contribution is -2.27. The highest BCUT2D eigenvalue weighted by molar-refractivity contribution is 5.93. The first-order chi connectivity index (χ1) is 19.9. The van der Waals surface area contributed by atoms with Crippen LogP contribution in [-0.2, 0) is 5.41 Å². The number of carboxylic acids is 2. The van der Waals surface area contributed by atoms with Gasteiger partial charge in [-0.15, -0.1) is 0 Å². The molecule has 0 saturated heterocycles. The standard InChI is InChI=1S/C36H52O4.C2H6/c1-24(2)10-7-12-26(5)14-9-20-36(21-19-27(6)13-8-11-25(3)4)32-22-28(34(37)38)15-17-30(32)31-18-16-29(35(39)40)23-33(31)36;1-2/h15-18,22-27H,7-14,19-21H2,1-6H3,(H,37,38)(H,39,40);1-2H3. The van der Waals surface area contributed by atoms with Gasteiger partial charge < -0.3 is 10.2 Å². The molecule has 4 heteroatoms. The molecule has 0 fully saturated rings. The summed E-state index contributed by atoms with van der Waals surface area (Å²) in [4.78, 5) is 24.1. The number of aromatic carboxylic acids is 2. The van der Waals surface area contributed by atoms with Crippen LogP contribution >= 0.6 is 0 Å². The lowest BCUT2D eigenvalue weighted by Gasteiger charge is -2.34. The van der Waals surface area contributed by atoms with Gasteiger partial charge in [-0.25, -0.2) is 9.59 Å². The molecule has 4 nitrogen and oxygen atoms in total. The van der Waals surface area contributed by atoms with Crippen LogP contribution in [0.25, 0.3) is 11.1 Å². The van der Waals surface area contributed by atoms with Gasteiger partial charge in [-0.2, -0.15) is 0 Å². The van der Waals surface area contributed by atoms with E-state index in [1.807, 2.05) is 38.1 Å². The highest BCUT2D eigenvalue weighted by Gasteiger charge is 2.43. The minimum Gasteiger partial charge on any atom is -0.478 e. The first-order valence-corrected chi connectivity index (χ1v) is 16.7. The quantitative estimate of drug-likeness (QED) is 0.196. The number of fused-ring (bicyclic) bond motifs is 3. The van der Waals surface area contributed by atoms with Crippen molar-refractivity contribution in [1.29, 1.82) is 0 Å². The van der Waals surface area contributed by atoms with Crippen LogP contribution in [0.2, 0.25) is 0 Å². The number of carbonyl (C=O) groups is 2. The van der Waals surface area contributed by atoms with E-state index in [-0.39, 0.29) is 5.41 Å². The van der Waals surface area contributed by atoms with Crippen LogP contribution in [0, 0.1) is 23.7 Å². The van der Waals surface area contributed by atoms with Crippen molar-refractivity contribution in [3.05, 3.63) is 58.7 Å². The van der Waals surface area contributed by atoms with Gasteiger partial charge >= 0.3 is 11.9 Å². The Morgan fingerprint density at radius 2 is 1.00 bits per heavy atom. The lowest BCUT2D eigenvalue weighted by atomic mass is 9.69. The molecule has 42 heavy (non-hydrogen) atoms. The molecule has 2 atom stereocenters. The third kappa shape index (κ3) is 9.44. The van der Waals surface area contributed by atoms with Gasteiger partial charge in [0.05, 0.1) is 11.1 Å². The second-order valence-corrected chi connectivity index (χ2v) is 13.5. The first-order valence-electron chi connectivity index (χ1n) is 16.7. The van der Waals surface area contributed by atoms with Crippen LogP contribution in [0.5, 0.6) is 0 Å². The smallest absolute Gasteiger partial charge is 0.335 e. The highest BCUT2D eigenvalue weighted by Crippen LogP contribution is 2.55. The van der Waals surface area contributed by atoms with E-state index in [9.17, 15) is 19.8 Å². The van der Waals surface area contributed by atoms with Crippen molar-refractivity contribution in [2.45, 2.75) is 131 Å². The van der Waals surface area contributed by atoms with Gasteiger partial charge in [0, 0.05) is 5.41 Å². The highest BCUT2D eigenvalue weighted by atomic mass is 16.4. The molecule has 0 spiro atoms. The van der Waals surface area contributed by atoms with E-state index in [0.717, 1.165) is 60.3 Å². The molecule has 2 aromatic carbocycles. The fourth-order valence-corrected chi connectivity index (χ4v) is 6.71. The van der Waals surface area contributed by atoms with Gasteiger partial charge in [0.2, 0.25) is 0 Å². The summed E-state index contributed by atoms with van der Waals surface area (Å²) in [7, 11) is 0. The largest absolute Gasteiger partial charge is 0.478 e. The van der Waals surface area contributed by atoms with Crippen LogP contribution in [0.4, 0.5) is 0 Å². The number of hydrogen-bond donors (Lipinski definition) is 2. The second-order valence-electron chi connectivity index (χ2n) is 13.5. The van der Waals surface area contributed by atoms with Crippen molar-refractivity contribution in [3.63, 3.8) is 0 Å². The molecule has 1 aliphatic carbocycles. The molecule has 1 aliphatic rings. The Hall–Kier alpha value is -2.62. The van der Waals surface area contributed by atoms with E-state index in [0.29, 0.717) is 28.9 Å². The fourth-order valence-electron chi connectivity index (χ4n) is 6.71. The molecule has 3 rings (SSSR count). The zero-order valence-corrected chi connectivity index (χ0v) is 27.8. The van der Waals surface area contributed by atoms with E-state index < -0.39 is 11.9 Å². The molecule has 0 radical (unpaired) electrons. The molecular weight excluding hydrogens is 520 g/mol. The molecule has 0 heterocycles. The molecule has 0 aromatic heterocycles. The van der Waals surface area contributed by atoms with Crippen molar-refractivity contribution in [2.24, 2.45) is 23.7 Å². The molecule has 0 amide bonds. The molecule has 2 unspecified atom stereocenters. The Kier molecular flexibility index (Phi) is 14.3. The van der Waals surface area contributed by atoms with Crippen molar-refractivity contribution in [2.75, 3.05) is 0 Å². The van der Waals surface area contributed by atoms with Gasteiger partial charge in [-0.05, 0) is 89.5 Å². The van der Waals surface area contributed by atoms with E-state index in [2.05, 4.69) is 41.5 Å². The van der Waals surface area contributed by atoms with Crippen LogP contribution in [0.15, 0.2) is 36.4 Å². The van der Waals surface area contributed by atoms with Crippen molar-refractivity contribution in [3.8, 4) is 11.1 Å². The summed E-state index contributed by atoms with van der Waals surface area (Å²) in [5.41, 5.74) is 4.52. The summed E-state index contributed by atoms with van der Waals surface area (Å²) in [5.74, 6) is 0.805. The maximum Gasteiger partial charge on any atom is 0.335 e. The lowest BCUT2D eigenvalue weighted by molar-refractivity contribution is 0.0686. The topological polar surface area (TPSA) is 74.6 Å². The Bertz CT molecular complexity index is 1080. The summed E-state index contributed by atoms with van der Waals surface area (Å²) in [5, 5.41) is 19.7. The maximum atomic E-state index is 12.0. The average Bonchev–Trinajstić information content (AvgIpc) is 3.21.